The Morgan fingerprint density at radius 3 is 2.52 bits per heavy atom. The number of fused-ring (bicyclic) bond motifs is 1. The molecule has 1 aromatic heterocycles. The number of hydrogen-bond donors (Lipinski definition) is 1. The van der Waals surface area contributed by atoms with Crippen molar-refractivity contribution in [1.82, 2.24) is 20.0 Å². The van der Waals surface area contributed by atoms with Gasteiger partial charge in [-0.15, -0.1) is 0 Å². The summed E-state index contributed by atoms with van der Waals surface area (Å²) in [5.41, 5.74) is 2.20. The summed E-state index contributed by atoms with van der Waals surface area (Å²) in [6, 6.07) is 6.10. The maximum absolute atomic E-state index is 12.3. The van der Waals surface area contributed by atoms with Gasteiger partial charge in [0.2, 0.25) is 11.8 Å². The smallest absolute Gasteiger partial charge is 0.410 e. The number of carbonyl (C=O) groups is 3. The fourth-order valence-electron chi connectivity index (χ4n) is 4.16. The van der Waals surface area contributed by atoms with Crippen molar-refractivity contribution in [2.45, 2.75) is 45.1 Å². The number of imide groups is 1. The second-order valence-electron chi connectivity index (χ2n) is 9.17. The molecule has 0 unspecified atom stereocenters. The van der Waals surface area contributed by atoms with Gasteiger partial charge >= 0.3 is 6.09 Å². The van der Waals surface area contributed by atoms with Gasteiger partial charge < -0.3 is 14.5 Å². The molecule has 2 aromatic rings. The molecule has 0 bridgehead atoms. The highest BCUT2D eigenvalue weighted by Crippen LogP contribution is 2.32. The van der Waals surface area contributed by atoms with Gasteiger partial charge in [-0.2, -0.15) is 5.10 Å². The number of hydrogen-bond acceptors (Lipinski definition) is 6. The molecule has 1 atom stereocenters. The number of rotatable bonds is 2. The molecule has 2 aliphatic heterocycles. The normalized spacial score (nSPS) is 20.2. The van der Waals surface area contributed by atoms with E-state index in [1.54, 1.807) is 9.58 Å². The Bertz CT molecular complexity index is 1030. The summed E-state index contributed by atoms with van der Waals surface area (Å²) in [6.07, 6.45) is 0.530. The minimum Gasteiger partial charge on any atom is -0.444 e. The highest BCUT2D eigenvalue weighted by Gasteiger charge is 2.32. The summed E-state index contributed by atoms with van der Waals surface area (Å²) < 4.78 is 7.26. The van der Waals surface area contributed by atoms with E-state index in [1.807, 2.05) is 40.0 Å². The Kier molecular flexibility index (Phi) is 5.36. The molecular weight excluding hydrogens is 398 g/mol. The van der Waals surface area contributed by atoms with Gasteiger partial charge in [-0.3, -0.25) is 19.6 Å². The van der Waals surface area contributed by atoms with Crippen molar-refractivity contribution >= 4 is 34.5 Å². The van der Waals surface area contributed by atoms with Crippen molar-refractivity contribution in [3.63, 3.8) is 0 Å². The molecule has 2 fully saturated rings. The molecule has 0 aliphatic carbocycles. The first-order valence-electron chi connectivity index (χ1n) is 10.7. The Labute approximate surface area is 181 Å². The first-order chi connectivity index (χ1) is 14.6. The number of piperidine rings is 1. The molecule has 31 heavy (non-hydrogen) atoms. The lowest BCUT2D eigenvalue weighted by Gasteiger charge is -2.36. The van der Waals surface area contributed by atoms with Crippen LogP contribution in [0.5, 0.6) is 0 Å². The van der Waals surface area contributed by atoms with E-state index in [2.05, 4.69) is 21.4 Å². The molecule has 1 aromatic carbocycles. The van der Waals surface area contributed by atoms with Gasteiger partial charge in [0.1, 0.15) is 5.60 Å². The monoisotopic (exact) mass is 427 g/mol. The lowest BCUT2D eigenvalue weighted by Crippen LogP contribution is -2.50. The Hall–Kier alpha value is -3.10. The third-order valence-corrected chi connectivity index (χ3v) is 5.73. The van der Waals surface area contributed by atoms with Gasteiger partial charge in [-0.25, -0.2) is 4.79 Å². The van der Waals surface area contributed by atoms with Gasteiger partial charge in [0.05, 0.1) is 17.1 Å². The van der Waals surface area contributed by atoms with Crippen LogP contribution in [0.1, 0.15) is 45.2 Å². The first kappa shape index (κ1) is 21.1. The van der Waals surface area contributed by atoms with Crippen LogP contribution < -0.4 is 10.2 Å². The minimum absolute atomic E-state index is 0.228. The van der Waals surface area contributed by atoms with Crippen molar-refractivity contribution in [3.8, 4) is 0 Å². The average Bonchev–Trinajstić information content (AvgIpc) is 3.03. The van der Waals surface area contributed by atoms with E-state index < -0.39 is 11.5 Å². The number of ether oxygens (including phenoxy) is 1. The molecule has 3 heterocycles. The fraction of sp³-hybridized carbons (Fsp3) is 0.545. The lowest BCUT2D eigenvalue weighted by molar-refractivity contribution is -0.134. The molecule has 2 saturated heterocycles. The van der Waals surface area contributed by atoms with Crippen molar-refractivity contribution in [2.75, 3.05) is 31.1 Å². The molecule has 0 spiro atoms. The van der Waals surface area contributed by atoms with Gasteiger partial charge in [-0.05, 0) is 45.4 Å². The third-order valence-electron chi connectivity index (χ3n) is 5.73. The maximum atomic E-state index is 12.3. The number of amides is 3. The molecule has 0 saturated carbocycles. The number of aromatic nitrogens is 2. The SMILES string of the molecule is Cn1nc([C@@H]2CCC(=O)NC2=O)c2ccc(N3CCN(C(=O)OC(C)(C)C)CC3)cc21. The van der Waals surface area contributed by atoms with Crippen LogP contribution in [0.25, 0.3) is 10.9 Å². The summed E-state index contributed by atoms with van der Waals surface area (Å²) in [5.74, 6) is -0.919. The Morgan fingerprint density at radius 2 is 1.87 bits per heavy atom. The van der Waals surface area contributed by atoms with Crippen LogP contribution in [0.2, 0.25) is 0 Å². The Morgan fingerprint density at radius 1 is 1.16 bits per heavy atom. The van der Waals surface area contributed by atoms with Crippen molar-refractivity contribution < 1.29 is 19.1 Å². The summed E-state index contributed by atoms with van der Waals surface area (Å²) >= 11 is 0. The summed E-state index contributed by atoms with van der Waals surface area (Å²) in [4.78, 5) is 40.1. The highest BCUT2D eigenvalue weighted by molar-refractivity contribution is 6.02. The van der Waals surface area contributed by atoms with Gasteiger partial charge in [0, 0.05) is 50.7 Å². The zero-order valence-electron chi connectivity index (χ0n) is 18.5. The number of carbonyl (C=O) groups excluding carboxylic acids is 3. The summed E-state index contributed by atoms with van der Waals surface area (Å²) in [5, 5.41) is 7.94. The van der Waals surface area contributed by atoms with E-state index in [0.717, 1.165) is 16.6 Å². The van der Waals surface area contributed by atoms with Crippen molar-refractivity contribution in [3.05, 3.63) is 23.9 Å². The third kappa shape index (κ3) is 4.35. The zero-order valence-corrected chi connectivity index (χ0v) is 18.5. The molecule has 9 heteroatoms. The standard InChI is InChI=1S/C22H29N5O4/c1-22(2,3)31-21(30)27-11-9-26(10-12-27)14-5-6-15-17(13-14)25(4)24-19(15)16-7-8-18(28)23-20(16)29/h5-6,13,16H,7-12H2,1-4H3,(H,23,28,29)/t16-/m0/s1. The van der Waals surface area contributed by atoms with Gasteiger partial charge in [0.25, 0.3) is 0 Å². The number of piperazine rings is 1. The maximum Gasteiger partial charge on any atom is 0.410 e. The van der Waals surface area contributed by atoms with E-state index in [-0.39, 0.29) is 17.9 Å². The quantitative estimate of drug-likeness (QED) is 0.738. The predicted octanol–water partition coefficient (Wildman–Crippen LogP) is 2.15. The summed E-state index contributed by atoms with van der Waals surface area (Å²) in [6.45, 7) is 8.22. The molecule has 4 rings (SSSR count). The van der Waals surface area contributed by atoms with Crippen LogP contribution in [0.3, 0.4) is 0 Å². The second-order valence-corrected chi connectivity index (χ2v) is 9.17. The van der Waals surface area contributed by atoms with Crippen LogP contribution >= 0.6 is 0 Å². The van der Waals surface area contributed by atoms with E-state index in [9.17, 15) is 14.4 Å². The number of benzene rings is 1. The molecule has 2 aliphatic rings. The molecule has 9 nitrogen and oxygen atoms in total. The molecule has 3 amide bonds. The predicted molar refractivity (Wildman–Crippen MR) is 116 cm³/mol. The van der Waals surface area contributed by atoms with Crippen LogP contribution in [-0.2, 0) is 21.4 Å². The lowest BCUT2D eigenvalue weighted by atomic mass is 9.93. The minimum atomic E-state index is -0.501. The van der Waals surface area contributed by atoms with E-state index in [1.165, 1.54) is 0 Å². The largest absolute Gasteiger partial charge is 0.444 e. The van der Waals surface area contributed by atoms with Crippen LogP contribution in [0.4, 0.5) is 10.5 Å². The van der Waals surface area contributed by atoms with E-state index in [0.29, 0.717) is 44.7 Å². The topological polar surface area (TPSA) is 96.8 Å². The fourth-order valence-corrected chi connectivity index (χ4v) is 4.16. The average molecular weight is 428 g/mol. The van der Waals surface area contributed by atoms with Crippen LogP contribution in [0.15, 0.2) is 18.2 Å². The highest BCUT2D eigenvalue weighted by atomic mass is 16.6. The molecule has 0 radical (unpaired) electrons. The summed E-state index contributed by atoms with van der Waals surface area (Å²) in [7, 11) is 1.86. The van der Waals surface area contributed by atoms with Crippen molar-refractivity contribution in [2.24, 2.45) is 7.05 Å². The number of aryl methyl sites for hydroxylation is 1. The number of anilines is 1. The van der Waals surface area contributed by atoms with E-state index >= 15 is 0 Å². The molecule has 166 valence electrons. The first-order valence-corrected chi connectivity index (χ1v) is 10.7. The van der Waals surface area contributed by atoms with Crippen molar-refractivity contribution in [1.29, 1.82) is 0 Å². The molecule has 1 N–H and O–H groups in total. The second kappa shape index (κ2) is 7.86. The van der Waals surface area contributed by atoms with Gasteiger partial charge in [-0.1, -0.05) is 0 Å². The number of nitrogens with zero attached hydrogens (tertiary/aromatic N) is 4. The molecular formula is C22H29N5O4. The van der Waals surface area contributed by atoms with Crippen LogP contribution in [-0.4, -0.2) is 64.4 Å². The Balaban J connectivity index is 1.49. The van der Waals surface area contributed by atoms with Crippen LogP contribution in [0, 0.1) is 0 Å². The van der Waals surface area contributed by atoms with Gasteiger partial charge in [0.15, 0.2) is 0 Å². The van der Waals surface area contributed by atoms with E-state index in [4.69, 9.17) is 4.74 Å². The number of nitrogens with one attached hydrogen (secondary N) is 1. The zero-order chi connectivity index (χ0) is 22.3.